The molecule has 0 bridgehead atoms. The van der Waals surface area contributed by atoms with Crippen molar-refractivity contribution in [3.05, 3.63) is 61.5 Å². The maximum Gasteiger partial charge on any atom is 0.244 e. The molecule has 0 unspecified atom stereocenters. The molecular formula is C17H16Br2N2O2. The van der Waals surface area contributed by atoms with Crippen LogP contribution in [0.5, 0.6) is 5.75 Å². The van der Waals surface area contributed by atoms with Crippen LogP contribution in [0.15, 0.2) is 44.4 Å². The van der Waals surface area contributed by atoms with Gasteiger partial charge in [0.15, 0.2) is 0 Å². The number of aromatic hydroxyl groups is 1. The summed E-state index contributed by atoms with van der Waals surface area (Å²) in [4.78, 5) is 12.0. The number of nitrogens with one attached hydrogen (secondary N) is 1. The molecule has 0 spiro atoms. The number of amides is 1. The first-order valence-corrected chi connectivity index (χ1v) is 8.51. The van der Waals surface area contributed by atoms with Crippen LogP contribution in [0.3, 0.4) is 0 Å². The number of carbonyl (C=O) groups excluding carboxylic acids is 1. The number of phenolic OH excluding ortho intramolecular Hbond substituents is 1. The van der Waals surface area contributed by atoms with Crippen LogP contribution in [-0.2, 0) is 11.2 Å². The number of nitrogens with zero attached hydrogens (tertiary/aromatic N) is 1. The predicted molar refractivity (Wildman–Crippen MR) is 98.9 cm³/mol. The van der Waals surface area contributed by atoms with Crippen LogP contribution in [0.4, 0.5) is 0 Å². The number of phenols is 1. The first-order chi connectivity index (χ1) is 10.9. The van der Waals surface area contributed by atoms with Crippen molar-refractivity contribution in [2.75, 3.05) is 0 Å². The highest BCUT2D eigenvalue weighted by molar-refractivity contribution is 9.11. The SMILES string of the molecule is Cc1ccc(C)c(CC(=O)N/N=C\c2cc(Br)cc(Br)c2O)c1. The largest absolute Gasteiger partial charge is 0.506 e. The second-order valence-corrected chi connectivity index (χ2v) is 7.00. The molecule has 23 heavy (non-hydrogen) atoms. The zero-order chi connectivity index (χ0) is 17.0. The first kappa shape index (κ1) is 17.7. The fourth-order valence-electron chi connectivity index (χ4n) is 2.06. The highest BCUT2D eigenvalue weighted by atomic mass is 79.9. The minimum Gasteiger partial charge on any atom is -0.506 e. The molecule has 0 aromatic heterocycles. The van der Waals surface area contributed by atoms with E-state index in [1.165, 1.54) is 6.21 Å². The van der Waals surface area contributed by atoms with Crippen molar-refractivity contribution in [3.63, 3.8) is 0 Å². The van der Waals surface area contributed by atoms with Gasteiger partial charge in [-0.15, -0.1) is 0 Å². The number of aryl methyl sites for hydroxylation is 2. The maximum absolute atomic E-state index is 12.0. The van der Waals surface area contributed by atoms with Crippen molar-refractivity contribution in [3.8, 4) is 5.75 Å². The number of benzene rings is 2. The third-order valence-corrected chi connectivity index (χ3v) is 4.37. The fourth-order valence-corrected chi connectivity index (χ4v) is 3.32. The van der Waals surface area contributed by atoms with Crippen molar-refractivity contribution in [1.29, 1.82) is 0 Å². The average Bonchev–Trinajstić information content (AvgIpc) is 2.48. The smallest absolute Gasteiger partial charge is 0.244 e. The quantitative estimate of drug-likeness (QED) is 0.553. The van der Waals surface area contributed by atoms with Crippen molar-refractivity contribution in [2.24, 2.45) is 5.10 Å². The van der Waals surface area contributed by atoms with Crippen LogP contribution in [0.25, 0.3) is 0 Å². The number of hydrogen-bond donors (Lipinski definition) is 2. The van der Waals surface area contributed by atoms with E-state index in [0.717, 1.165) is 21.2 Å². The molecule has 2 rings (SSSR count). The van der Waals surface area contributed by atoms with E-state index in [2.05, 4.69) is 42.4 Å². The van der Waals surface area contributed by atoms with E-state index < -0.39 is 0 Å². The molecule has 0 saturated carbocycles. The van der Waals surface area contributed by atoms with Crippen LogP contribution in [-0.4, -0.2) is 17.2 Å². The van der Waals surface area contributed by atoms with E-state index in [1.807, 2.05) is 32.0 Å². The second-order valence-electron chi connectivity index (χ2n) is 5.23. The van der Waals surface area contributed by atoms with Gasteiger partial charge in [0.25, 0.3) is 0 Å². The summed E-state index contributed by atoms with van der Waals surface area (Å²) in [5.41, 5.74) is 6.15. The molecule has 0 heterocycles. The molecule has 2 aromatic carbocycles. The van der Waals surface area contributed by atoms with Gasteiger partial charge < -0.3 is 5.11 Å². The monoisotopic (exact) mass is 438 g/mol. The molecule has 0 atom stereocenters. The summed E-state index contributed by atoms with van der Waals surface area (Å²) in [7, 11) is 0. The summed E-state index contributed by atoms with van der Waals surface area (Å²) >= 11 is 6.58. The van der Waals surface area contributed by atoms with Gasteiger partial charge in [-0.05, 0) is 53.0 Å². The third kappa shape index (κ3) is 4.91. The lowest BCUT2D eigenvalue weighted by Gasteiger charge is -2.06. The van der Waals surface area contributed by atoms with Gasteiger partial charge in [0.2, 0.25) is 5.91 Å². The predicted octanol–water partition coefficient (Wildman–Crippen LogP) is 4.23. The van der Waals surface area contributed by atoms with Gasteiger partial charge in [0.1, 0.15) is 5.75 Å². The van der Waals surface area contributed by atoms with Gasteiger partial charge in [-0.1, -0.05) is 39.7 Å². The summed E-state index contributed by atoms with van der Waals surface area (Å²) in [5, 5.41) is 13.8. The Balaban J connectivity index is 2.03. The van der Waals surface area contributed by atoms with E-state index in [9.17, 15) is 9.90 Å². The third-order valence-electron chi connectivity index (χ3n) is 3.31. The lowest BCUT2D eigenvalue weighted by molar-refractivity contribution is -0.120. The summed E-state index contributed by atoms with van der Waals surface area (Å²) in [6.07, 6.45) is 1.67. The first-order valence-electron chi connectivity index (χ1n) is 6.93. The van der Waals surface area contributed by atoms with E-state index in [0.29, 0.717) is 10.0 Å². The topological polar surface area (TPSA) is 61.7 Å². The molecule has 0 aliphatic rings. The summed E-state index contributed by atoms with van der Waals surface area (Å²) in [6, 6.07) is 9.45. The Morgan fingerprint density at radius 3 is 2.74 bits per heavy atom. The summed E-state index contributed by atoms with van der Waals surface area (Å²) in [5.74, 6) is -0.135. The van der Waals surface area contributed by atoms with Crippen molar-refractivity contribution < 1.29 is 9.90 Å². The normalized spacial score (nSPS) is 11.0. The maximum atomic E-state index is 12.0. The molecule has 6 heteroatoms. The number of carbonyl (C=O) groups is 1. The van der Waals surface area contributed by atoms with Gasteiger partial charge in [0, 0.05) is 10.0 Å². The van der Waals surface area contributed by atoms with Crippen LogP contribution >= 0.6 is 31.9 Å². The standard InChI is InChI=1S/C17H16Br2N2O2/c1-10-3-4-11(2)12(5-10)7-16(22)21-20-9-13-6-14(18)8-15(19)17(13)23/h3-6,8-9,23H,7H2,1-2H3,(H,21,22)/b20-9-. The van der Waals surface area contributed by atoms with Gasteiger partial charge in [-0.25, -0.2) is 5.43 Å². The number of hydrogen-bond acceptors (Lipinski definition) is 3. The van der Waals surface area contributed by atoms with Crippen molar-refractivity contribution in [2.45, 2.75) is 20.3 Å². The van der Waals surface area contributed by atoms with Gasteiger partial charge in [0.05, 0.1) is 17.1 Å². The Morgan fingerprint density at radius 2 is 2.00 bits per heavy atom. The minimum absolute atomic E-state index is 0.0701. The molecule has 0 radical (unpaired) electrons. The molecule has 0 aliphatic carbocycles. The average molecular weight is 440 g/mol. The van der Waals surface area contributed by atoms with Gasteiger partial charge >= 0.3 is 0 Å². The van der Waals surface area contributed by atoms with E-state index in [4.69, 9.17) is 0 Å². The fraction of sp³-hybridized carbons (Fsp3) is 0.176. The molecule has 2 aromatic rings. The Kier molecular flexibility index (Phi) is 5.96. The number of halogens is 2. The molecule has 4 nitrogen and oxygen atoms in total. The lowest BCUT2D eigenvalue weighted by Crippen LogP contribution is -2.20. The highest BCUT2D eigenvalue weighted by Gasteiger charge is 2.07. The molecule has 120 valence electrons. The Morgan fingerprint density at radius 1 is 1.26 bits per heavy atom. The minimum atomic E-state index is -0.205. The lowest BCUT2D eigenvalue weighted by atomic mass is 10.0. The zero-order valence-electron chi connectivity index (χ0n) is 12.7. The number of rotatable bonds is 4. The molecular weight excluding hydrogens is 424 g/mol. The van der Waals surface area contributed by atoms with Gasteiger partial charge in [-0.2, -0.15) is 5.10 Å². The molecule has 0 aliphatic heterocycles. The molecule has 0 fully saturated rings. The van der Waals surface area contributed by atoms with Crippen molar-refractivity contribution in [1.82, 2.24) is 5.43 Å². The molecule has 1 amide bonds. The molecule has 0 saturated heterocycles. The van der Waals surface area contributed by atoms with E-state index in [1.54, 1.807) is 12.1 Å². The van der Waals surface area contributed by atoms with Crippen LogP contribution < -0.4 is 5.43 Å². The van der Waals surface area contributed by atoms with Gasteiger partial charge in [-0.3, -0.25) is 4.79 Å². The number of hydrazone groups is 1. The molecule has 2 N–H and O–H groups in total. The Bertz CT molecular complexity index is 773. The second kappa shape index (κ2) is 7.75. The summed E-state index contributed by atoms with van der Waals surface area (Å²) in [6.45, 7) is 3.97. The van der Waals surface area contributed by atoms with E-state index in [-0.39, 0.29) is 18.1 Å². The Labute approximate surface area is 151 Å². The van der Waals surface area contributed by atoms with E-state index >= 15 is 0 Å². The highest BCUT2D eigenvalue weighted by Crippen LogP contribution is 2.30. The van der Waals surface area contributed by atoms with Crippen molar-refractivity contribution >= 4 is 44.0 Å². The van der Waals surface area contributed by atoms with Crippen LogP contribution in [0.1, 0.15) is 22.3 Å². The van der Waals surface area contributed by atoms with Crippen LogP contribution in [0.2, 0.25) is 0 Å². The van der Waals surface area contributed by atoms with Crippen LogP contribution in [0, 0.1) is 13.8 Å². The zero-order valence-corrected chi connectivity index (χ0v) is 15.9. The Hall–Kier alpha value is -1.66. The summed E-state index contributed by atoms with van der Waals surface area (Å²) < 4.78 is 1.35.